The second-order valence-electron chi connectivity index (χ2n) is 4.80. The molecule has 0 aliphatic rings. The van der Waals surface area contributed by atoms with E-state index in [1.54, 1.807) is 0 Å². The minimum atomic E-state index is 0.857. The maximum absolute atomic E-state index is 4.74. The summed E-state index contributed by atoms with van der Waals surface area (Å²) < 4.78 is 3.20. The van der Waals surface area contributed by atoms with Crippen molar-refractivity contribution in [3.63, 3.8) is 0 Å². The first-order valence-electron chi connectivity index (χ1n) is 7.26. The van der Waals surface area contributed by atoms with Crippen LogP contribution in [-0.4, -0.2) is 16.3 Å². The van der Waals surface area contributed by atoms with Crippen LogP contribution in [0.4, 0.5) is 0 Å². The summed E-state index contributed by atoms with van der Waals surface area (Å²) >= 11 is 3.56. The van der Waals surface area contributed by atoms with Crippen LogP contribution in [0.25, 0.3) is 5.69 Å². The van der Waals surface area contributed by atoms with Crippen molar-refractivity contribution in [2.24, 2.45) is 0 Å². The molecule has 0 unspecified atom stereocenters. The molecule has 0 fully saturated rings. The standard InChI is InChI=1S/C16H22BrN3/c1-4-14-10-15(5-2)20(19-14)16-8-7-13(17)9-12(16)11-18-6-3/h7-10,18H,4-6,11H2,1-3H3. The number of rotatable bonds is 6. The van der Waals surface area contributed by atoms with Crippen molar-refractivity contribution in [3.8, 4) is 5.69 Å². The van der Waals surface area contributed by atoms with Gasteiger partial charge in [0, 0.05) is 16.7 Å². The van der Waals surface area contributed by atoms with Gasteiger partial charge in [-0.15, -0.1) is 0 Å². The second kappa shape index (κ2) is 7.04. The highest BCUT2D eigenvalue weighted by atomic mass is 79.9. The van der Waals surface area contributed by atoms with E-state index < -0.39 is 0 Å². The molecule has 3 nitrogen and oxygen atoms in total. The molecule has 2 rings (SSSR count). The van der Waals surface area contributed by atoms with Crippen LogP contribution in [-0.2, 0) is 19.4 Å². The third kappa shape index (κ3) is 3.30. The van der Waals surface area contributed by atoms with Crippen LogP contribution < -0.4 is 5.32 Å². The lowest BCUT2D eigenvalue weighted by Crippen LogP contribution is -2.15. The number of aromatic nitrogens is 2. The highest BCUT2D eigenvalue weighted by molar-refractivity contribution is 9.10. The van der Waals surface area contributed by atoms with Gasteiger partial charge >= 0.3 is 0 Å². The quantitative estimate of drug-likeness (QED) is 0.868. The van der Waals surface area contributed by atoms with Crippen LogP contribution in [0.2, 0.25) is 0 Å². The van der Waals surface area contributed by atoms with Crippen LogP contribution in [0.15, 0.2) is 28.7 Å². The Morgan fingerprint density at radius 2 is 1.95 bits per heavy atom. The molecule has 1 heterocycles. The molecule has 1 aromatic carbocycles. The second-order valence-corrected chi connectivity index (χ2v) is 5.71. The fourth-order valence-electron chi connectivity index (χ4n) is 2.27. The topological polar surface area (TPSA) is 29.9 Å². The highest BCUT2D eigenvalue weighted by Crippen LogP contribution is 2.22. The molecule has 0 atom stereocenters. The van der Waals surface area contributed by atoms with Crippen molar-refractivity contribution in [2.45, 2.75) is 40.2 Å². The smallest absolute Gasteiger partial charge is 0.0694 e. The molecule has 1 aromatic heterocycles. The number of hydrogen-bond donors (Lipinski definition) is 1. The predicted molar refractivity (Wildman–Crippen MR) is 87.4 cm³/mol. The van der Waals surface area contributed by atoms with Crippen LogP contribution >= 0.6 is 15.9 Å². The first kappa shape index (κ1) is 15.3. The zero-order valence-corrected chi connectivity index (χ0v) is 14.0. The van der Waals surface area contributed by atoms with Crippen LogP contribution in [0.3, 0.4) is 0 Å². The summed E-state index contributed by atoms with van der Waals surface area (Å²) in [6.07, 6.45) is 1.96. The van der Waals surface area contributed by atoms with Crippen LogP contribution in [0.1, 0.15) is 37.7 Å². The summed E-state index contributed by atoms with van der Waals surface area (Å²) in [5.74, 6) is 0. The van der Waals surface area contributed by atoms with Crippen molar-refractivity contribution in [1.82, 2.24) is 15.1 Å². The Kier molecular flexibility index (Phi) is 5.38. The minimum absolute atomic E-state index is 0.857. The van der Waals surface area contributed by atoms with Gasteiger partial charge in [0.15, 0.2) is 0 Å². The third-order valence-corrected chi connectivity index (χ3v) is 3.89. The van der Waals surface area contributed by atoms with Crippen molar-refractivity contribution in [3.05, 3.63) is 45.7 Å². The van der Waals surface area contributed by atoms with Gasteiger partial charge in [0.25, 0.3) is 0 Å². The monoisotopic (exact) mass is 335 g/mol. The number of nitrogens with one attached hydrogen (secondary N) is 1. The molecule has 1 N–H and O–H groups in total. The van der Waals surface area contributed by atoms with Crippen molar-refractivity contribution < 1.29 is 0 Å². The van der Waals surface area contributed by atoms with Gasteiger partial charge in [-0.1, -0.05) is 36.7 Å². The average Bonchev–Trinajstić information content (AvgIpc) is 2.88. The molecular weight excluding hydrogens is 314 g/mol. The van der Waals surface area contributed by atoms with Crippen LogP contribution in [0.5, 0.6) is 0 Å². The maximum Gasteiger partial charge on any atom is 0.0694 e. The van der Waals surface area contributed by atoms with E-state index >= 15 is 0 Å². The maximum atomic E-state index is 4.74. The Balaban J connectivity index is 2.47. The van der Waals surface area contributed by atoms with E-state index in [1.165, 1.54) is 16.9 Å². The fourth-order valence-corrected chi connectivity index (χ4v) is 2.68. The summed E-state index contributed by atoms with van der Waals surface area (Å²) in [7, 11) is 0. The van der Waals surface area contributed by atoms with Gasteiger partial charge in [-0.3, -0.25) is 0 Å². The number of benzene rings is 1. The van der Waals surface area contributed by atoms with Crippen molar-refractivity contribution >= 4 is 15.9 Å². The molecule has 0 saturated heterocycles. The summed E-state index contributed by atoms with van der Waals surface area (Å²) in [6, 6.07) is 8.60. The van der Waals surface area contributed by atoms with Gasteiger partial charge in [-0.2, -0.15) is 5.10 Å². The van der Waals surface area contributed by atoms with Gasteiger partial charge < -0.3 is 5.32 Å². The molecular formula is C16H22BrN3. The summed E-state index contributed by atoms with van der Waals surface area (Å²) in [5, 5.41) is 8.14. The van der Waals surface area contributed by atoms with E-state index in [9.17, 15) is 0 Å². The highest BCUT2D eigenvalue weighted by Gasteiger charge is 2.11. The molecule has 0 aliphatic carbocycles. The number of halogens is 1. The molecule has 0 spiro atoms. The summed E-state index contributed by atoms with van der Waals surface area (Å²) in [4.78, 5) is 0. The van der Waals surface area contributed by atoms with E-state index in [1.807, 2.05) is 0 Å². The molecule has 0 bridgehead atoms. The molecule has 0 saturated carbocycles. The van der Waals surface area contributed by atoms with Crippen molar-refractivity contribution in [1.29, 1.82) is 0 Å². The Labute approximate surface area is 129 Å². The molecule has 20 heavy (non-hydrogen) atoms. The van der Waals surface area contributed by atoms with E-state index in [0.29, 0.717) is 0 Å². The van der Waals surface area contributed by atoms with Gasteiger partial charge in [0.2, 0.25) is 0 Å². The van der Waals surface area contributed by atoms with Gasteiger partial charge in [0.1, 0.15) is 0 Å². The Bertz CT molecular complexity index is 575. The van der Waals surface area contributed by atoms with E-state index in [4.69, 9.17) is 5.10 Å². The first-order chi connectivity index (χ1) is 9.69. The number of nitrogens with zero attached hydrogens (tertiary/aromatic N) is 2. The fraction of sp³-hybridized carbons (Fsp3) is 0.438. The average molecular weight is 336 g/mol. The third-order valence-electron chi connectivity index (χ3n) is 3.39. The van der Waals surface area contributed by atoms with E-state index in [2.05, 4.69) is 71.0 Å². The Hall–Kier alpha value is -1.13. The molecule has 0 aliphatic heterocycles. The number of aryl methyl sites for hydroxylation is 2. The number of hydrogen-bond acceptors (Lipinski definition) is 2. The van der Waals surface area contributed by atoms with E-state index in [0.717, 1.165) is 36.1 Å². The van der Waals surface area contributed by atoms with Crippen LogP contribution in [0, 0.1) is 0 Å². The molecule has 108 valence electrons. The van der Waals surface area contributed by atoms with Gasteiger partial charge in [0.05, 0.1) is 11.4 Å². The normalized spacial score (nSPS) is 11.0. The molecule has 4 heteroatoms. The summed E-state index contributed by atoms with van der Waals surface area (Å²) in [5.41, 5.74) is 4.86. The van der Waals surface area contributed by atoms with Gasteiger partial charge in [-0.25, -0.2) is 4.68 Å². The van der Waals surface area contributed by atoms with Gasteiger partial charge in [-0.05, 0) is 49.2 Å². The molecule has 2 aromatic rings. The zero-order valence-electron chi connectivity index (χ0n) is 12.4. The molecule has 0 radical (unpaired) electrons. The minimum Gasteiger partial charge on any atom is -0.313 e. The zero-order chi connectivity index (χ0) is 14.5. The Morgan fingerprint density at radius 1 is 1.15 bits per heavy atom. The van der Waals surface area contributed by atoms with E-state index in [-0.39, 0.29) is 0 Å². The largest absolute Gasteiger partial charge is 0.313 e. The molecule has 0 amide bonds. The lowest BCUT2D eigenvalue weighted by Gasteiger charge is -2.13. The lowest BCUT2D eigenvalue weighted by atomic mass is 10.1. The SMILES string of the molecule is CCNCc1cc(Br)ccc1-n1nc(CC)cc1CC. The Morgan fingerprint density at radius 3 is 2.60 bits per heavy atom. The predicted octanol–water partition coefficient (Wildman–Crippen LogP) is 3.87. The summed E-state index contributed by atoms with van der Waals surface area (Å²) in [6.45, 7) is 8.27. The lowest BCUT2D eigenvalue weighted by molar-refractivity contribution is 0.709. The van der Waals surface area contributed by atoms with Crippen molar-refractivity contribution in [2.75, 3.05) is 6.54 Å². The first-order valence-corrected chi connectivity index (χ1v) is 8.06.